The average Bonchev–Trinajstić information content (AvgIpc) is 2.29. The van der Waals surface area contributed by atoms with Crippen LogP contribution >= 0.6 is 0 Å². The van der Waals surface area contributed by atoms with Gasteiger partial charge in [0.2, 0.25) is 0 Å². The number of esters is 1. The van der Waals surface area contributed by atoms with Crippen LogP contribution in [0.5, 0.6) is 0 Å². The predicted octanol–water partition coefficient (Wildman–Crippen LogP) is 2.74. The molecule has 0 aromatic carbocycles. The fraction of sp³-hybridized carbons (Fsp3) is 0.929. The summed E-state index contributed by atoms with van der Waals surface area (Å²) in [6.45, 7) is 8.77. The van der Waals surface area contributed by atoms with Gasteiger partial charge in [-0.2, -0.15) is 0 Å². The fourth-order valence-corrected chi connectivity index (χ4v) is 2.82. The van der Waals surface area contributed by atoms with Crippen LogP contribution in [0.2, 0.25) is 0 Å². The molecule has 1 rings (SSSR count). The van der Waals surface area contributed by atoms with Gasteiger partial charge in [-0.1, -0.05) is 26.7 Å². The van der Waals surface area contributed by atoms with E-state index in [1.165, 1.54) is 25.7 Å². The molecule has 0 spiro atoms. The van der Waals surface area contributed by atoms with Crippen molar-refractivity contribution in [2.45, 2.75) is 65.5 Å². The molecule has 0 amide bonds. The van der Waals surface area contributed by atoms with Crippen molar-refractivity contribution < 1.29 is 9.53 Å². The predicted molar refractivity (Wildman–Crippen MR) is 69.8 cm³/mol. The molecule has 100 valence electrons. The van der Waals surface area contributed by atoms with Crippen molar-refractivity contribution in [3.8, 4) is 0 Å². The zero-order valence-corrected chi connectivity index (χ0v) is 11.7. The van der Waals surface area contributed by atoms with E-state index < -0.39 is 0 Å². The summed E-state index contributed by atoms with van der Waals surface area (Å²) in [7, 11) is 0. The summed E-state index contributed by atoms with van der Waals surface area (Å²) in [5, 5.41) is 3.46. The van der Waals surface area contributed by atoms with Gasteiger partial charge in [0.15, 0.2) is 0 Å². The second-order valence-electron chi connectivity index (χ2n) is 5.44. The highest BCUT2D eigenvalue weighted by atomic mass is 16.5. The van der Waals surface area contributed by atoms with Crippen LogP contribution in [-0.4, -0.2) is 24.7 Å². The zero-order chi connectivity index (χ0) is 12.8. The van der Waals surface area contributed by atoms with Crippen molar-refractivity contribution >= 4 is 5.97 Å². The number of carbonyl (C=O) groups excluding carboxylic acids is 1. The molecule has 0 aliphatic heterocycles. The van der Waals surface area contributed by atoms with E-state index in [4.69, 9.17) is 4.74 Å². The molecule has 1 aliphatic rings. The summed E-state index contributed by atoms with van der Waals surface area (Å²) in [4.78, 5) is 11.6. The van der Waals surface area contributed by atoms with E-state index >= 15 is 0 Å². The fourth-order valence-electron chi connectivity index (χ4n) is 2.82. The minimum absolute atomic E-state index is 0.124. The zero-order valence-electron chi connectivity index (χ0n) is 11.7. The third-order valence-electron chi connectivity index (χ3n) is 3.78. The van der Waals surface area contributed by atoms with Gasteiger partial charge in [0.1, 0.15) is 6.04 Å². The first-order valence-electron chi connectivity index (χ1n) is 6.99. The average molecular weight is 241 g/mol. The molecule has 3 heteroatoms. The van der Waals surface area contributed by atoms with E-state index in [0.29, 0.717) is 24.5 Å². The highest BCUT2D eigenvalue weighted by Crippen LogP contribution is 2.30. The SMILES string of the molecule is CCOC(=O)C(C)NC1CCCCC1C(C)C. The normalized spacial score (nSPS) is 26.9. The standard InChI is InChI=1S/C14H27NO2/c1-5-17-14(16)11(4)15-13-9-7-6-8-12(13)10(2)3/h10-13,15H,5-9H2,1-4H3. The van der Waals surface area contributed by atoms with E-state index in [1.807, 2.05) is 13.8 Å². The van der Waals surface area contributed by atoms with Crippen molar-refractivity contribution in [3.05, 3.63) is 0 Å². The van der Waals surface area contributed by atoms with E-state index in [1.54, 1.807) is 0 Å². The molecular weight excluding hydrogens is 214 g/mol. The van der Waals surface area contributed by atoms with Crippen molar-refractivity contribution in [1.82, 2.24) is 5.32 Å². The summed E-state index contributed by atoms with van der Waals surface area (Å²) in [5.74, 6) is 1.25. The van der Waals surface area contributed by atoms with Gasteiger partial charge < -0.3 is 10.1 Å². The molecule has 17 heavy (non-hydrogen) atoms. The van der Waals surface area contributed by atoms with Crippen LogP contribution in [-0.2, 0) is 9.53 Å². The van der Waals surface area contributed by atoms with Crippen molar-refractivity contribution in [3.63, 3.8) is 0 Å². The number of rotatable bonds is 5. The Labute approximate surface area is 105 Å². The Kier molecular flexibility index (Phi) is 5.96. The third-order valence-corrected chi connectivity index (χ3v) is 3.78. The van der Waals surface area contributed by atoms with E-state index in [2.05, 4.69) is 19.2 Å². The number of hydrogen-bond acceptors (Lipinski definition) is 3. The minimum Gasteiger partial charge on any atom is -0.465 e. The Morgan fingerprint density at radius 1 is 1.29 bits per heavy atom. The molecule has 0 aromatic heterocycles. The maximum absolute atomic E-state index is 11.6. The van der Waals surface area contributed by atoms with Crippen LogP contribution < -0.4 is 5.32 Å². The molecule has 1 aliphatic carbocycles. The number of ether oxygens (including phenoxy) is 1. The van der Waals surface area contributed by atoms with E-state index in [-0.39, 0.29) is 12.0 Å². The lowest BCUT2D eigenvalue weighted by Crippen LogP contribution is -2.48. The lowest BCUT2D eigenvalue weighted by molar-refractivity contribution is -0.145. The lowest BCUT2D eigenvalue weighted by atomic mass is 9.77. The number of nitrogens with one attached hydrogen (secondary N) is 1. The van der Waals surface area contributed by atoms with Crippen molar-refractivity contribution in [1.29, 1.82) is 0 Å². The monoisotopic (exact) mass is 241 g/mol. The molecule has 1 saturated carbocycles. The Hall–Kier alpha value is -0.570. The van der Waals surface area contributed by atoms with Crippen LogP contribution in [0.3, 0.4) is 0 Å². The molecule has 0 heterocycles. The molecule has 1 N–H and O–H groups in total. The molecule has 3 atom stereocenters. The molecule has 3 unspecified atom stereocenters. The summed E-state index contributed by atoms with van der Waals surface area (Å²) < 4.78 is 5.04. The Morgan fingerprint density at radius 3 is 2.53 bits per heavy atom. The maximum atomic E-state index is 11.6. The lowest BCUT2D eigenvalue weighted by Gasteiger charge is -2.36. The van der Waals surface area contributed by atoms with Gasteiger partial charge in [-0.25, -0.2) is 0 Å². The van der Waals surface area contributed by atoms with E-state index in [9.17, 15) is 4.79 Å². The Balaban J connectivity index is 2.49. The molecular formula is C14H27NO2. The molecule has 0 bridgehead atoms. The first kappa shape index (κ1) is 14.5. The summed E-state index contributed by atoms with van der Waals surface area (Å²) >= 11 is 0. The van der Waals surface area contributed by atoms with Crippen molar-refractivity contribution in [2.24, 2.45) is 11.8 Å². The van der Waals surface area contributed by atoms with Gasteiger partial charge in [0.25, 0.3) is 0 Å². The highest BCUT2D eigenvalue weighted by molar-refractivity contribution is 5.75. The van der Waals surface area contributed by atoms with Gasteiger partial charge in [-0.05, 0) is 38.5 Å². The van der Waals surface area contributed by atoms with E-state index in [0.717, 1.165) is 0 Å². The van der Waals surface area contributed by atoms with Gasteiger partial charge in [0.05, 0.1) is 6.61 Å². The number of hydrogen-bond donors (Lipinski definition) is 1. The Morgan fingerprint density at radius 2 is 1.94 bits per heavy atom. The molecule has 1 fully saturated rings. The molecule has 0 radical (unpaired) electrons. The second kappa shape index (κ2) is 7.00. The van der Waals surface area contributed by atoms with Crippen LogP contribution in [0, 0.1) is 11.8 Å². The van der Waals surface area contributed by atoms with Crippen LogP contribution in [0.25, 0.3) is 0 Å². The number of carbonyl (C=O) groups is 1. The van der Waals surface area contributed by atoms with Crippen molar-refractivity contribution in [2.75, 3.05) is 6.61 Å². The summed E-state index contributed by atoms with van der Waals surface area (Å²) in [6.07, 6.45) is 5.07. The van der Waals surface area contributed by atoms with Gasteiger partial charge >= 0.3 is 5.97 Å². The van der Waals surface area contributed by atoms with Gasteiger partial charge in [-0.15, -0.1) is 0 Å². The largest absolute Gasteiger partial charge is 0.465 e. The summed E-state index contributed by atoms with van der Waals surface area (Å²) in [6, 6.07) is 0.294. The minimum atomic E-state index is -0.181. The first-order valence-corrected chi connectivity index (χ1v) is 6.99. The smallest absolute Gasteiger partial charge is 0.322 e. The van der Waals surface area contributed by atoms with Crippen LogP contribution in [0.15, 0.2) is 0 Å². The second-order valence-corrected chi connectivity index (χ2v) is 5.44. The molecule has 3 nitrogen and oxygen atoms in total. The highest BCUT2D eigenvalue weighted by Gasteiger charge is 2.29. The van der Waals surface area contributed by atoms with Gasteiger partial charge in [-0.3, -0.25) is 4.79 Å². The van der Waals surface area contributed by atoms with Crippen LogP contribution in [0.4, 0.5) is 0 Å². The first-order chi connectivity index (χ1) is 8.06. The van der Waals surface area contributed by atoms with Crippen LogP contribution in [0.1, 0.15) is 53.4 Å². The topological polar surface area (TPSA) is 38.3 Å². The van der Waals surface area contributed by atoms with Gasteiger partial charge in [0, 0.05) is 6.04 Å². The third kappa shape index (κ3) is 4.30. The quantitative estimate of drug-likeness (QED) is 0.752. The maximum Gasteiger partial charge on any atom is 0.322 e. The Bertz CT molecular complexity index is 240. The summed E-state index contributed by atoms with van der Waals surface area (Å²) in [5.41, 5.74) is 0. The molecule has 0 saturated heterocycles. The molecule has 0 aromatic rings.